The molecule has 3 rings (SSSR count). The highest BCUT2D eigenvalue weighted by molar-refractivity contribution is 5.75. The number of aryl methyl sites for hydroxylation is 1. The van der Waals surface area contributed by atoms with E-state index in [2.05, 4.69) is 9.97 Å². The molecule has 1 aromatic heterocycles. The van der Waals surface area contributed by atoms with E-state index in [4.69, 9.17) is 14.6 Å². The van der Waals surface area contributed by atoms with Crippen LogP contribution in [0.15, 0.2) is 48.7 Å². The number of rotatable bonds is 5. The van der Waals surface area contributed by atoms with Gasteiger partial charge in [0.15, 0.2) is 6.61 Å². The molecule has 0 bridgehead atoms. The van der Waals surface area contributed by atoms with Crippen LogP contribution in [0.25, 0.3) is 11.0 Å². The number of fused-ring (bicyclic) bond motifs is 1. The van der Waals surface area contributed by atoms with Gasteiger partial charge in [0.25, 0.3) is 0 Å². The highest BCUT2D eigenvalue weighted by Crippen LogP contribution is 2.23. The van der Waals surface area contributed by atoms with Gasteiger partial charge >= 0.3 is 5.97 Å². The van der Waals surface area contributed by atoms with Crippen molar-refractivity contribution in [1.82, 2.24) is 9.97 Å². The van der Waals surface area contributed by atoms with E-state index in [0.717, 1.165) is 16.6 Å². The Bertz CT molecular complexity index is 847. The lowest BCUT2D eigenvalue weighted by Gasteiger charge is -2.07. The van der Waals surface area contributed by atoms with E-state index in [1.807, 2.05) is 25.1 Å². The van der Waals surface area contributed by atoms with Crippen molar-refractivity contribution in [3.8, 4) is 17.4 Å². The summed E-state index contributed by atoms with van der Waals surface area (Å²) < 4.78 is 10.7. The van der Waals surface area contributed by atoms with Gasteiger partial charge in [0.1, 0.15) is 11.5 Å². The van der Waals surface area contributed by atoms with Gasteiger partial charge in [-0.05, 0) is 48.9 Å². The van der Waals surface area contributed by atoms with Gasteiger partial charge < -0.3 is 14.6 Å². The Morgan fingerprint density at radius 2 is 1.83 bits per heavy atom. The predicted molar refractivity (Wildman–Crippen MR) is 83.9 cm³/mol. The molecule has 2 aromatic carbocycles. The molecule has 0 saturated heterocycles. The van der Waals surface area contributed by atoms with Crippen molar-refractivity contribution in [2.75, 3.05) is 6.61 Å². The van der Waals surface area contributed by atoms with Crippen LogP contribution in [0.3, 0.4) is 0 Å². The van der Waals surface area contributed by atoms with Crippen LogP contribution >= 0.6 is 0 Å². The van der Waals surface area contributed by atoms with Gasteiger partial charge in [0.2, 0.25) is 5.88 Å². The quantitative estimate of drug-likeness (QED) is 0.779. The van der Waals surface area contributed by atoms with Crippen LogP contribution < -0.4 is 9.47 Å². The highest BCUT2D eigenvalue weighted by Gasteiger charge is 2.04. The average Bonchev–Trinajstić information content (AvgIpc) is 2.54. The molecule has 3 aromatic rings. The number of carboxylic acid groups (broad SMARTS) is 1. The second kappa shape index (κ2) is 6.31. The Labute approximate surface area is 132 Å². The molecule has 6 nitrogen and oxygen atoms in total. The number of carbonyl (C=O) groups is 1. The first-order valence-electron chi connectivity index (χ1n) is 6.96. The van der Waals surface area contributed by atoms with Gasteiger partial charge in [0, 0.05) is 0 Å². The SMILES string of the molecule is Cc1ccc2ncc(Oc3ccc(OCC(=O)O)cc3)nc2c1. The van der Waals surface area contributed by atoms with Gasteiger partial charge in [0.05, 0.1) is 17.2 Å². The van der Waals surface area contributed by atoms with E-state index in [1.54, 1.807) is 30.5 Å². The maximum Gasteiger partial charge on any atom is 0.341 e. The van der Waals surface area contributed by atoms with Crippen molar-refractivity contribution < 1.29 is 19.4 Å². The van der Waals surface area contributed by atoms with Crippen LogP contribution in [-0.4, -0.2) is 27.7 Å². The molecular formula is C17H14N2O4. The van der Waals surface area contributed by atoms with Gasteiger partial charge in [-0.1, -0.05) is 6.07 Å². The van der Waals surface area contributed by atoms with E-state index in [0.29, 0.717) is 17.4 Å². The normalized spacial score (nSPS) is 10.5. The Hall–Kier alpha value is -3.15. The van der Waals surface area contributed by atoms with Crippen molar-refractivity contribution in [3.63, 3.8) is 0 Å². The summed E-state index contributed by atoms with van der Waals surface area (Å²) in [6.45, 7) is 1.61. The molecular weight excluding hydrogens is 296 g/mol. The zero-order valence-electron chi connectivity index (χ0n) is 12.4. The van der Waals surface area contributed by atoms with E-state index < -0.39 is 5.97 Å². The summed E-state index contributed by atoms with van der Waals surface area (Å²) in [7, 11) is 0. The molecule has 0 amide bonds. The number of nitrogens with zero attached hydrogens (tertiary/aromatic N) is 2. The molecule has 1 heterocycles. The van der Waals surface area contributed by atoms with Crippen molar-refractivity contribution in [2.45, 2.75) is 6.92 Å². The number of hydrogen-bond donors (Lipinski definition) is 1. The monoisotopic (exact) mass is 310 g/mol. The number of benzene rings is 2. The lowest BCUT2D eigenvalue weighted by Crippen LogP contribution is -2.09. The lowest BCUT2D eigenvalue weighted by atomic mass is 10.2. The van der Waals surface area contributed by atoms with E-state index >= 15 is 0 Å². The molecule has 116 valence electrons. The molecule has 0 radical (unpaired) electrons. The first-order chi connectivity index (χ1) is 11.1. The largest absolute Gasteiger partial charge is 0.482 e. The molecule has 0 aliphatic heterocycles. The fourth-order valence-corrected chi connectivity index (χ4v) is 2.02. The second-order valence-corrected chi connectivity index (χ2v) is 4.96. The van der Waals surface area contributed by atoms with Crippen molar-refractivity contribution in [1.29, 1.82) is 0 Å². The lowest BCUT2D eigenvalue weighted by molar-refractivity contribution is -0.139. The first-order valence-corrected chi connectivity index (χ1v) is 6.96. The maximum atomic E-state index is 10.4. The summed E-state index contributed by atoms with van der Waals surface area (Å²) in [5.41, 5.74) is 2.67. The molecule has 0 aliphatic rings. The number of carboxylic acids is 1. The predicted octanol–water partition coefficient (Wildman–Crippen LogP) is 3.19. The molecule has 0 aliphatic carbocycles. The van der Waals surface area contributed by atoms with Crippen LogP contribution in [0, 0.1) is 6.92 Å². The Morgan fingerprint density at radius 3 is 2.57 bits per heavy atom. The van der Waals surface area contributed by atoms with Gasteiger partial charge in [-0.25, -0.2) is 14.8 Å². The third-order valence-electron chi connectivity index (χ3n) is 3.08. The zero-order chi connectivity index (χ0) is 16.2. The standard InChI is InChI=1S/C17H14N2O4/c1-11-2-7-14-15(8-11)19-16(9-18-14)23-13-5-3-12(4-6-13)22-10-17(20)21/h2-9H,10H2,1H3,(H,20,21). The Kier molecular flexibility index (Phi) is 4.05. The fourth-order valence-electron chi connectivity index (χ4n) is 2.02. The highest BCUT2D eigenvalue weighted by atomic mass is 16.5. The van der Waals surface area contributed by atoms with E-state index in [9.17, 15) is 4.79 Å². The van der Waals surface area contributed by atoms with Gasteiger partial charge in [-0.15, -0.1) is 0 Å². The first kappa shape index (κ1) is 14.8. The van der Waals surface area contributed by atoms with Crippen molar-refractivity contribution in [3.05, 3.63) is 54.2 Å². The van der Waals surface area contributed by atoms with Crippen LogP contribution in [-0.2, 0) is 4.79 Å². The zero-order valence-corrected chi connectivity index (χ0v) is 12.4. The summed E-state index contributed by atoms with van der Waals surface area (Å²) in [5, 5.41) is 8.57. The molecule has 23 heavy (non-hydrogen) atoms. The van der Waals surface area contributed by atoms with Crippen molar-refractivity contribution >= 4 is 17.0 Å². The summed E-state index contributed by atoms with van der Waals surface area (Å²) in [5.74, 6) is 0.392. The molecule has 0 atom stereocenters. The summed E-state index contributed by atoms with van der Waals surface area (Å²) in [4.78, 5) is 19.2. The van der Waals surface area contributed by atoms with Gasteiger partial charge in [-0.2, -0.15) is 0 Å². The third kappa shape index (κ3) is 3.74. The third-order valence-corrected chi connectivity index (χ3v) is 3.08. The van der Waals surface area contributed by atoms with Crippen molar-refractivity contribution in [2.24, 2.45) is 0 Å². The summed E-state index contributed by atoms with van der Waals surface area (Å²) in [6.07, 6.45) is 1.56. The Morgan fingerprint density at radius 1 is 1.09 bits per heavy atom. The number of aliphatic carboxylic acids is 1. The number of aromatic nitrogens is 2. The van der Waals surface area contributed by atoms with Crippen LogP contribution in [0.4, 0.5) is 0 Å². The topological polar surface area (TPSA) is 81.5 Å². The molecule has 1 N–H and O–H groups in total. The van der Waals surface area contributed by atoms with Crippen LogP contribution in [0.1, 0.15) is 5.56 Å². The fraction of sp³-hybridized carbons (Fsp3) is 0.118. The van der Waals surface area contributed by atoms with E-state index in [1.165, 1.54) is 0 Å². The smallest absolute Gasteiger partial charge is 0.341 e. The summed E-state index contributed by atoms with van der Waals surface area (Å²) >= 11 is 0. The number of ether oxygens (including phenoxy) is 2. The minimum atomic E-state index is -1.02. The average molecular weight is 310 g/mol. The second-order valence-electron chi connectivity index (χ2n) is 4.96. The minimum Gasteiger partial charge on any atom is -0.482 e. The Balaban J connectivity index is 1.75. The van der Waals surface area contributed by atoms with Gasteiger partial charge in [-0.3, -0.25) is 0 Å². The summed E-state index contributed by atoms with van der Waals surface area (Å²) in [6, 6.07) is 12.5. The molecule has 6 heteroatoms. The molecule has 0 saturated carbocycles. The molecule has 0 unspecified atom stereocenters. The number of hydrogen-bond acceptors (Lipinski definition) is 5. The minimum absolute atomic E-state index is 0.379. The molecule has 0 fully saturated rings. The van der Waals surface area contributed by atoms with Crippen LogP contribution in [0.2, 0.25) is 0 Å². The van der Waals surface area contributed by atoms with Crippen LogP contribution in [0.5, 0.6) is 17.4 Å². The molecule has 0 spiro atoms. The van der Waals surface area contributed by atoms with E-state index in [-0.39, 0.29) is 6.61 Å². The maximum absolute atomic E-state index is 10.4.